The van der Waals surface area contributed by atoms with E-state index < -0.39 is 78.0 Å². The molecule has 0 spiro atoms. The van der Waals surface area contributed by atoms with Gasteiger partial charge in [-0.3, -0.25) is 33.6 Å². The topological polar surface area (TPSA) is 251 Å². The number of aliphatic hydroxyl groups excluding tert-OH is 1. The minimum Gasteiger partial charge on any atom is -0.481 e. The average Bonchev–Trinajstić information content (AvgIpc) is 3.25. The number of aliphatic hydroxyl groups is 1. The molecule has 15 nitrogen and oxygen atoms in total. The highest BCUT2D eigenvalue weighted by Crippen LogP contribution is 2.21. The van der Waals surface area contributed by atoms with Crippen molar-refractivity contribution in [1.82, 2.24) is 20.9 Å². The second-order valence-electron chi connectivity index (χ2n) is 10.0. The van der Waals surface area contributed by atoms with Gasteiger partial charge in [0.25, 0.3) is 0 Å². The summed E-state index contributed by atoms with van der Waals surface area (Å²) in [6.45, 7) is 3.42. The lowest BCUT2D eigenvalue weighted by Crippen LogP contribution is -2.58. The maximum Gasteiger partial charge on any atom is 0.305 e. The number of carboxylic acids is 1. The quantitative estimate of drug-likeness (QED) is 0.0801. The molecule has 0 aromatic heterocycles. The normalized spacial score (nSPS) is 18.9. The number of nitrogens with one attached hydrogen (secondary N) is 3. The van der Waals surface area contributed by atoms with Crippen molar-refractivity contribution in [3.8, 4) is 0 Å². The summed E-state index contributed by atoms with van der Waals surface area (Å²) < 4.78 is 0. The molecule has 1 aliphatic rings. The Morgan fingerprint density at radius 3 is 2.17 bits per heavy atom. The molecule has 9 N–H and O–H groups in total. The Kier molecular flexibility index (Phi) is 14.6. The number of aliphatic carboxylic acids is 1. The van der Waals surface area contributed by atoms with Gasteiger partial charge in [0.05, 0.1) is 24.3 Å². The molecule has 0 saturated carbocycles. The number of carbonyl (C=O) groups excluding carboxylic acids is 6. The molecule has 0 aromatic rings. The molecule has 1 heterocycles. The molecule has 0 radical (unpaired) electrons. The number of carbonyl (C=O) groups is 7. The Balaban J connectivity index is 3.20. The summed E-state index contributed by atoms with van der Waals surface area (Å²) >= 11 is 3.83. The van der Waals surface area contributed by atoms with E-state index in [2.05, 4.69) is 28.6 Å². The summed E-state index contributed by atoms with van der Waals surface area (Å²) in [5.74, 6) is -5.96. The van der Waals surface area contributed by atoms with E-state index in [1.165, 1.54) is 0 Å². The molecule has 40 heavy (non-hydrogen) atoms. The van der Waals surface area contributed by atoms with Crippen molar-refractivity contribution >= 4 is 53.9 Å². The van der Waals surface area contributed by atoms with Crippen molar-refractivity contribution in [2.75, 3.05) is 18.8 Å². The minimum atomic E-state index is -1.41. The van der Waals surface area contributed by atoms with Gasteiger partial charge in [-0.05, 0) is 18.8 Å². The molecule has 16 heteroatoms. The molecule has 1 saturated heterocycles. The molecular weight excluding hydrogens is 548 g/mol. The summed E-state index contributed by atoms with van der Waals surface area (Å²) in [6.07, 6.45) is -2.37. The number of thiol groups is 1. The van der Waals surface area contributed by atoms with Crippen LogP contribution in [0, 0.1) is 5.92 Å². The van der Waals surface area contributed by atoms with Gasteiger partial charge in [-0.1, -0.05) is 13.8 Å². The first-order valence-electron chi connectivity index (χ1n) is 12.9. The van der Waals surface area contributed by atoms with Gasteiger partial charge < -0.3 is 42.5 Å². The van der Waals surface area contributed by atoms with Crippen LogP contribution in [0.5, 0.6) is 0 Å². The number of rotatable bonds is 17. The van der Waals surface area contributed by atoms with Gasteiger partial charge in [-0.2, -0.15) is 12.6 Å². The summed E-state index contributed by atoms with van der Waals surface area (Å²) in [4.78, 5) is 87.6. The average molecular weight is 589 g/mol. The maximum atomic E-state index is 13.6. The van der Waals surface area contributed by atoms with Crippen molar-refractivity contribution in [3.63, 3.8) is 0 Å². The number of ketones is 1. The molecule has 226 valence electrons. The van der Waals surface area contributed by atoms with Crippen LogP contribution in [-0.2, 0) is 33.6 Å². The van der Waals surface area contributed by atoms with Gasteiger partial charge in [0.1, 0.15) is 18.1 Å². The first kappa shape index (κ1) is 34.8. The van der Waals surface area contributed by atoms with Crippen LogP contribution in [0.1, 0.15) is 52.4 Å². The van der Waals surface area contributed by atoms with Crippen molar-refractivity contribution in [2.24, 2.45) is 17.4 Å². The molecule has 1 fully saturated rings. The fraction of sp³-hybridized carbons (Fsp3) is 0.708. The molecular formula is C24H40N6O9S. The smallest absolute Gasteiger partial charge is 0.305 e. The second kappa shape index (κ2) is 16.8. The van der Waals surface area contributed by atoms with Crippen LogP contribution in [0.15, 0.2) is 0 Å². The third-order valence-electron chi connectivity index (χ3n) is 6.13. The number of nitrogens with zero attached hydrogens (tertiary/aromatic N) is 1. The maximum absolute atomic E-state index is 13.6. The highest BCUT2D eigenvalue weighted by molar-refractivity contribution is 7.81. The Labute approximate surface area is 237 Å². The Morgan fingerprint density at radius 2 is 1.65 bits per heavy atom. The zero-order valence-corrected chi connectivity index (χ0v) is 23.5. The molecule has 0 aliphatic carbocycles. The predicted molar refractivity (Wildman–Crippen MR) is 145 cm³/mol. The summed E-state index contributed by atoms with van der Waals surface area (Å²) in [6, 6.07) is -5.07. The highest BCUT2D eigenvalue weighted by Gasteiger charge is 2.42. The lowest BCUT2D eigenvalue weighted by atomic mass is 10.0. The van der Waals surface area contributed by atoms with E-state index in [9.17, 15) is 38.7 Å². The SMILES string of the molecule is CC(C)C[C@H](NC(=O)CCN)C(=O)N[C@@H](CCC(N)=O)C(=O)N1C[C@H](O)C[C@H]1C(=O)N[C@@H](CC(=O)O)C(=O)CS. The number of amides is 5. The molecule has 1 rings (SSSR count). The fourth-order valence-corrected chi connectivity index (χ4v) is 4.44. The Bertz CT molecular complexity index is 963. The number of carboxylic acid groups (broad SMARTS) is 1. The molecule has 5 amide bonds. The van der Waals surface area contributed by atoms with E-state index >= 15 is 0 Å². The second-order valence-corrected chi connectivity index (χ2v) is 10.4. The lowest BCUT2D eigenvalue weighted by molar-refractivity contribution is -0.144. The van der Waals surface area contributed by atoms with E-state index in [1.807, 2.05) is 13.8 Å². The van der Waals surface area contributed by atoms with Crippen LogP contribution in [0.25, 0.3) is 0 Å². The first-order chi connectivity index (χ1) is 18.7. The Morgan fingerprint density at radius 1 is 1.00 bits per heavy atom. The summed E-state index contributed by atoms with van der Waals surface area (Å²) in [7, 11) is 0. The van der Waals surface area contributed by atoms with Gasteiger partial charge in [0, 0.05) is 32.4 Å². The lowest BCUT2D eigenvalue weighted by Gasteiger charge is -2.30. The standard InChI is InChI=1S/C24H40N6O9S/c1-12(2)7-16(27-20(34)5-6-25)22(37)28-14(3-4-19(26)33)24(39)30-10-13(31)8-17(30)23(38)29-15(9-21(35)36)18(32)11-40/h12-17,31,40H,3-11,25H2,1-2H3,(H2,26,33)(H,27,34)(H,28,37)(H,29,38)(H,35,36)/t13-,14+,15+,16+,17+/m1/s1. The zero-order chi connectivity index (χ0) is 30.6. The molecule has 5 atom stereocenters. The van der Waals surface area contributed by atoms with Crippen LogP contribution < -0.4 is 27.4 Å². The fourth-order valence-electron chi connectivity index (χ4n) is 4.22. The van der Waals surface area contributed by atoms with E-state index in [0.29, 0.717) is 0 Å². The van der Waals surface area contributed by atoms with Crippen molar-refractivity contribution < 1.29 is 43.8 Å². The number of hydrogen-bond donors (Lipinski definition) is 8. The third kappa shape index (κ3) is 11.5. The number of primary amides is 1. The van der Waals surface area contributed by atoms with Gasteiger partial charge >= 0.3 is 5.97 Å². The largest absolute Gasteiger partial charge is 0.481 e. The van der Waals surface area contributed by atoms with E-state index in [-0.39, 0.29) is 56.9 Å². The van der Waals surface area contributed by atoms with Crippen LogP contribution >= 0.6 is 12.6 Å². The highest BCUT2D eigenvalue weighted by atomic mass is 32.1. The predicted octanol–water partition coefficient (Wildman–Crippen LogP) is -2.96. The minimum absolute atomic E-state index is 0.0192. The number of likely N-dealkylation sites (tertiary alicyclic amines) is 1. The number of hydrogen-bond acceptors (Lipinski definition) is 10. The van der Waals surface area contributed by atoms with Gasteiger partial charge in [-0.25, -0.2) is 0 Å². The number of Topliss-reactive ketones (excluding diaryl/α,β-unsaturated/α-hetero) is 1. The number of nitrogens with two attached hydrogens (primary N) is 2. The van der Waals surface area contributed by atoms with Gasteiger partial charge in [0.2, 0.25) is 29.5 Å². The van der Waals surface area contributed by atoms with E-state index in [4.69, 9.17) is 16.6 Å². The number of β-amino-alcohol motifs (C(OH)–C–C–N with tert-alkyl or cyclic N) is 1. The van der Waals surface area contributed by atoms with Crippen LogP contribution in [0.3, 0.4) is 0 Å². The van der Waals surface area contributed by atoms with Crippen molar-refractivity contribution in [1.29, 1.82) is 0 Å². The molecule has 0 bridgehead atoms. The summed E-state index contributed by atoms with van der Waals surface area (Å²) in [5, 5.41) is 26.8. The zero-order valence-electron chi connectivity index (χ0n) is 22.6. The van der Waals surface area contributed by atoms with E-state index in [0.717, 1.165) is 4.90 Å². The van der Waals surface area contributed by atoms with Crippen molar-refractivity contribution in [3.05, 3.63) is 0 Å². The van der Waals surface area contributed by atoms with Crippen molar-refractivity contribution in [2.45, 2.75) is 82.6 Å². The molecule has 0 unspecified atom stereocenters. The van der Waals surface area contributed by atoms with Crippen LogP contribution in [0.2, 0.25) is 0 Å². The van der Waals surface area contributed by atoms with Gasteiger partial charge in [-0.15, -0.1) is 0 Å². The van der Waals surface area contributed by atoms with Gasteiger partial charge in [0.15, 0.2) is 5.78 Å². The van der Waals surface area contributed by atoms with Crippen LogP contribution in [-0.4, -0.2) is 106 Å². The monoisotopic (exact) mass is 588 g/mol. The molecule has 0 aromatic carbocycles. The van der Waals surface area contributed by atoms with Crippen LogP contribution in [0.4, 0.5) is 0 Å². The first-order valence-corrected chi connectivity index (χ1v) is 13.6. The summed E-state index contributed by atoms with van der Waals surface area (Å²) in [5.41, 5.74) is 10.7. The molecule has 1 aliphatic heterocycles. The van der Waals surface area contributed by atoms with E-state index in [1.54, 1.807) is 0 Å². The third-order valence-corrected chi connectivity index (χ3v) is 6.44. The Hall–Kier alpha value is -3.24.